The molecular weight excluding hydrogens is 260 g/mol. The maximum atomic E-state index is 11.0. The molecule has 0 aliphatic carbocycles. The fourth-order valence-corrected chi connectivity index (χ4v) is 2.98. The highest BCUT2D eigenvalue weighted by Crippen LogP contribution is 2.31. The lowest BCUT2D eigenvalue weighted by Gasteiger charge is -2.11. The Balaban J connectivity index is 2.75. The first kappa shape index (κ1) is 15.8. The third kappa shape index (κ3) is 5.11. The Hall–Kier alpha value is -1.23. The Morgan fingerprint density at radius 3 is 2.74 bits per heavy atom. The first-order valence-corrected chi connectivity index (χ1v) is 7.79. The summed E-state index contributed by atoms with van der Waals surface area (Å²) in [6.07, 6.45) is 1.18. The average molecular weight is 282 g/mol. The molecule has 0 fully saturated rings. The average Bonchev–Trinajstić information content (AvgIpc) is 2.35. The number of nitro benzene ring substituents is 1. The molecule has 0 aromatic heterocycles. The van der Waals surface area contributed by atoms with Crippen LogP contribution < -0.4 is 5.32 Å². The van der Waals surface area contributed by atoms with E-state index < -0.39 is 0 Å². The molecule has 0 aliphatic heterocycles. The molecule has 0 atom stereocenters. The lowest BCUT2D eigenvalue weighted by Crippen LogP contribution is -2.04. The summed E-state index contributed by atoms with van der Waals surface area (Å²) in [5, 5.41) is 14.1. The minimum atomic E-state index is -0.319. The normalized spacial score (nSPS) is 10.7. The highest BCUT2D eigenvalue weighted by atomic mass is 32.2. The van der Waals surface area contributed by atoms with Crippen LogP contribution in [0.3, 0.4) is 0 Å². The van der Waals surface area contributed by atoms with Gasteiger partial charge in [0, 0.05) is 18.4 Å². The van der Waals surface area contributed by atoms with E-state index in [9.17, 15) is 10.1 Å². The fraction of sp³-hybridized carbons (Fsp3) is 0.571. The van der Waals surface area contributed by atoms with Crippen LogP contribution in [0, 0.1) is 16.0 Å². The quantitative estimate of drug-likeness (QED) is 0.438. The molecule has 0 bridgehead atoms. The maximum Gasteiger partial charge on any atom is 0.292 e. The fourth-order valence-electron chi connectivity index (χ4n) is 1.74. The molecule has 0 saturated carbocycles. The van der Waals surface area contributed by atoms with E-state index in [4.69, 9.17) is 0 Å². The first-order valence-electron chi connectivity index (χ1n) is 6.64. The summed E-state index contributed by atoms with van der Waals surface area (Å²) in [6, 6.07) is 5.28. The van der Waals surface area contributed by atoms with Crippen molar-refractivity contribution in [3.05, 3.63) is 33.9 Å². The molecule has 5 heteroatoms. The number of para-hydroxylation sites is 1. The molecule has 0 radical (unpaired) electrons. The van der Waals surface area contributed by atoms with Gasteiger partial charge in [-0.3, -0.25) is 10.1 Å². The molecule has 1 aromatic carbocycles. The number of hydrogen-bond donors (Lipinski definition) is 1. The molecule has 0 amide bonds. The summed E-state index contributed by atoms with van der Waals surface area (Å²) in [5.41, 5.74) is 1.86. The second kappa shape index (κ2) is 8.04. The van der Waals surface area contributed by atoms with Crippen LogP contribution in [-0.4, -0.2) is 17.2 Å². The van der Waals surface area contributed by atoms with Gasteiger partial charge in [0.05, 0.1) is 4.92 Å². The second-order valence-corrected chi connectivity index (χ2v) is 5.94. The van der Waals surface area contributed by atoms with E-state index in [1.54, 1.807) is 12.1 Å². The van der Waals surface area contributed by atoms with Crippen molar-refractivity contribution in [2.75, 3.05) is 17.6 Å². The first-order chi connectivity index (χ1) is 9.06. The Morgan fingerprint density at radius 2 is 2.16 bits per heavy atom. The predicted octanol–water partition coefficient (Wildman–Crippen LogP) is 4.31. The Morgan fingerprint density at radius 1 is 1.42 bits per heavy atom. The molecule has 0 spiro atoms. The van der Waals surface area contributed by atoms with E-state index in [2.05, 4.69) is 19.2 Å². The van der Waals surface area contributed by atoms with Gasteiger partial charge in [-0.15, -0.1) is 0 Å². The number of benzene rings is 1. The van der Waals surface area contributed by atoms with Gasteiger partial charge in [0.1, 0.15) is 5.69 Å². The largest absolute Gasteiger partial charge is 0.380 e. The smallest absolute Gasteiger partial charge is 0.292 e. The minimum Gasteiger partial charge on any atom is -0.380 e. The van der Waals surface area contributed by atoms with E-state index in [-0.39, 0.29) is 10.6 Å². The van der Waals surface area contributed by atoms with E-state index in [1.165, 1.54) is 6.42 Å². The van der Waals surface area contributed by atoms with Gasteiger partial charge in [-0.1, -0.05) is 26.0 Å². The Labute approximate surface area is 119 Å². The van der Waals surface area contributed by atoms with Crippen LogP contribution in [-0.2, 0) is 5.75 Å². The van der Waals surface area contributed by atoms with Crippen LogP contribution in [0.4, 0.5) is 11.4 Å². The summed E-state index contributed by atoms with van der Waals surface area (Å²) in [6.45, 7) is 7.05. The van der Waals surface area contributed by atoms with Crippen molar-refractivity contribution < 1.29 is 4.92 Å². The third-order valence-electron chi connectivity index (χ3n) is 2.78. The van der Waals surface area contributed by atoms with Gasteiger partial charge in [-0.25, -0.2) is 0 Å². The van der Waals surface area contributed by atoms with Crippen molar-refractivity contribution in [2.45, 2.75) is 32.9 Å². The number of hydrogen-bond acceptors (Lipinski definition) is 4. The second-order valence-electron chi connectivity index (χ2n) is 4.83. The van der Waals surface area contributed by atoms with Gasteiger partial charge in [-0.05, 0) is 30.6 Å². The number of nitrogens with one attached hydrogen (secondary N) is 1. The molecule has 0 saturated heterocycles. The summed E-state index contributed by atoms with van der Waals surface area (Å²) in [7, 11) is 0. The van der Waals surface area contributed by atoms with Crippen molar-refractivity contribution in [2.24, 2.45) is 5.92 Å². The predicted molar refractivity (Wildman–Crippen MR) is 82.9 cm³/mol. The molecular formula is C14H22N2O2S. The number of nitrogens with zero attached hydrogens (tertiary/aromatic N) is 1. The van der Waals surface area contributed by atoms with Gasteiger partial charge >= 0.3 is 0 Å². The maximum absolute atomic E-state index is 11.0. The molecule has 1 rings (SSSR count). The minimum absolute atomic E-state index is 0.170. The van der Waals surface area contributed by atoms with Crippen LogP contribution in [0.1, 0.15) is 32.8 Å². The molecule has 4 nitrogen and oxygen atoms in total. The lowest BCUT2D eigenvalue weighted by atomic mass is 10.1. The summed E-state index contributed by atoms with van der Waals surface area (Å²) >= 11 is 1.83. The highest BCUT2D eigenvalue weighted by Gasteiger charge is 2.16. The monoisotopic (exact) mass is 282 g/mol. The zero-order chi connectivity index (χ0) is 14.3. The van der Waals surface area contributed by atoms with Crippen LogP contribution >= 0.6 is 11.8 Å². The Bertz CT molecular complexity index is 422. The van der Waals surface area contributed by atoms with E-state index in [0.29, 0.717) is 18.2 Å². The molecule has 1 aromatic rings. The van der Waals surface area contributed by atoms with Crippen LogP contribution in [0.2, 0.25) is 0 Å². The van der Waals surface area contributed by atoms with E-state index in [1.807, 2.05) is 24.8 Å². The zero-order valence-electron chi connectivity index (χ0n) is 11.8. The van der Waals surface area contributed by atoms with Crippen molar-refractivity contribution in [1.82, 2.24) is 0 Å². The van der Waals surface area contributed by atoms with Crippen LogP contribution in [0.15, 0.2) is 18.2 Å². The molecule has 0 heterocycles. The van der Waals surface area contributed by atoms with Gasteiger partial charge < -0.3 is 5.32 Å². The van der Waals surface area contributed by atoms with E-state index in [0.717, 1.165) is 17.1 Å². The summed E-state index contributed by atoms with van der Waals surface area (Å²) < 4.78 is 0. The van der Waals surface area contributed by atoms with Crippen molar-refractivity contribution >= 4 is 23.1 Å². The van der Waals surface area contributed by atoms with Gasteiger partial charge in [-0.2, -0.15) is 11.8 Å². The lowest BCUT2D eigenvalue weighted by molar-refractivity contribution is -0.384. The SMILES string of the molecule is CCNc1c(CSCCC(C)C)cccc1[N+](=O)[O-]. The Kier molecular flexibility index (Phi) is 6.70. The molecule has 0 unspecified atom stereocenters. The third-order valence-corrected chi connectivity index (χ3v) is 3.82. The number of rotatable bonds is 8. The molecule has 19 heavy (non-hydrogen) atoms. The topological polar surface area (TPSA) is 55.2 Å². The molecule has 0 aliphatic rings. The number of anilines is 1. The molecule has 106 valence electrons. The highest BCUT2D eigenvalue weighted by molar-refractivity contribution is 7.98. The van der Waals surface area contributed by atoms with Crippen molar-refractivity contribution in [1.29, 1.82) is 0 Å². The van der Waals surface area contributed by atoms with Gasteiger partial charge in [0.2, 0.25) is 0 Å². The van der Waals surface area contributed by atoms with Crippen molar-refractivity contribution in [3.8, 4) is 0 Å². The van der Waals surface area contributed by atoms with Gasteiger partial charge in [0.25, 0.3) is 5.69 Å². The number of thioether (sulfide) groups is 1. The standard InChI is InChI=1S/C14H22N2O2S/c1-4-15-14-12(10-19-9-8-11(2)3)6-5-7-13(14)16(17)18/h5-7,11,15H,4,8-10H2,1-3H3. The van der Waals surface area contributed by atoms with Crippen LogP contribution in [0.25, 0.3) is 0 Å². The van der Waals surface area contributed by atoms with E-state index >= 15 is 0 Å². The summed E-state index contributed by atoms with van der Waals surface area (Å²) in [4.78, 5) is 10.7. The number of nitro groups is 1. The molecule has 1 N–H and O–H groups in total. The zero-order valence-corrected chi connectivity index (χ0v) is 12.6. The van der Waals surface area contributed by atoms with Crippen LogP contribution in [0.5, 0.6) is 0 Å². The van der Waals surface area contributed by atoms with Crippen molar-refractivity contribution in [3.63, 3.8) is 0 Å². The summed E-state index contributed by atoms with van der Waals surface area (Å²) in [5.74, 6) is 2.61. The van der Waals surface area contributed by atoms with Gasteiger partial charge in [0.15, 0.2) is 0 Å².